The number of carbonyl (C=O) groups excluding carboxylic acids is 1. The van der Waals surface area contributed by atoms with E-state index < -0.39 is 0 Å². The minimum Gasteiger partial charge on any atom is -0.464 e. The van der Waals surface area contributed by atoms with Crippen LogP contribution in [0.25, 0.3) is 21.5 Å². The number of amides is 1. The molecule has 0 saturated heterocycles. The number of thioether (sulfide) groups is 1. The Labute approximate surface area is 158 Å². The van der Waals surface area contributed by atoms with Gasteiger partial charge in [0.2, 0.25) is 5.91 Å². The Balaban J connectivity index is 1.88. The van der Waals surface area contributed by atoms with E-state index in [0.717, 1.165) is 5.56 Å². The molecule has 3 heterocycles. The maximum Gasteiger partial charge on any atom is 0.263 e. The lowest BCUT2D eigenvalue weighted by atomic mass is 10.2. The molecule has 0 aliphatic rings. The highest BCUT2D eigenvalue weighted by molar-refractivity contribution is 7.99. The first-order chi connectivity index (χ1) is 12.7. The summed E-state index contributed by atoms with van der Waals surface area (Å²) in [5.41, 5.74) is 0.635. The number of carbonyl (C=O) groups is 1. The van der Waals surface area contributed by atoms with Crippen molar-refractivity contribution in [2.24, 2.45) is 0 Å². The van der Waals surface area contributed by atoms with Crippen molar-refractivity contribution in [2.45, 2.75) is 18.6 Å². The molecule has 0 atom stereocenters. The zero-order chi connectivity index (χ0) is 18.5. The fourth-order valence-corrected chi connectivity index (χ4v) is 4.34. The molecular formula is C17H19N3O4S2. The van der Waals surface area contributed by atoms with Gasteiger partial charge in [-0.1, -0.05) is 11.8 Å². The minimum atomic E-state index is -0.119. The highest BCUT2D eigenvalue weighted by Crippen LogP contribution is 2.32. The van der Waals surface area contributed by atoms with E-state index in [-0.39, 0.29) is 17.2 Å². The number of fused-ring (bicyclic) bond motifs is 1. The van der Waals surface area contributed by atoms with Crippen molar-refractivity contribution in [1.29, 1.82) is 0 Å². The third-order valence-corrected chi connectivity index (χ3v) is 5.57. The van der Waals surface area contributed by atoms with Crippen LogP contribution in [0.4, 0.5) is 0 Å². The summed E-state index contributed by atoms with van der Waals surface area (Å²) < 4.78 is 11.9. The second-order valence-corrected chi connectivity index (χ2v) is 7.18. The van der Waals surface area contributed by atoms with Gasteiger partial charge < -0.3 is 14.5 Å². The van der Waals surface area contributed by atoms with Crippen LogP contribution in [-0.2, 0) is 16.1 Å². The van der Waals surface area contributed by atoms with Gasteiger partial charge in [0.15, 0.2) is 5.16 Å². The Bertz CT molecular complexity index is 947. The molecule has 0 unspecified atom stereocenters. The Morgan fingerprint density at radius 1 is 1.50 bits per heavy atom. The number of furan rings is 1. The highest BCUT2D eigenvalue weighted by Gasteiger charge is 2.18. The van der Waals surface area contributed by atoms with Crippen LogP contribution in [0, 0.1) is 0 Å². The number of hydrogen-bond donors (Lipinski definition) is 1. The van der Waals surface area contributed by atoms with Gasteiger partial charge in [-0.2, -0.15) is 0 Å². The molecule has 3 aromatic heterocycles. The third-order valence-electron chi connectivity index (χ3n) is 3.72. The fourth-order valence-electron chi connectivity index (χ4n) is 2.48. The standard InChI is InChI=1S/C17H19N3O4S2/c1-3-20-16(22)14-11(12-5-4-7-24-12)9-25-15(14)19-17(20)26-10-13(21)18-6-8-23-2/h4-5,7,9H,3,6,8,10H2,1-2H3,(H,18,21). The summed E-state index contributed by atoms with van der Waals surface area (Å²) in [6.45, 7) is 3.28. The van der Waals surface area contributed by atoms with Crippen LogP contribution in [0.2, 0.25) is 0 Å². The molecule has 9 heteroatoms. The number of aromatic nitrogens is 2. The van der Waals surface area contributed by atoms with E-state index in [9.17, 15) is 9.59 Å². The largest absolute Gasteiger partial charge is 0.464 e. The number of methoxy groups -OCH3 is 1. The predicted octanol–water partition coefficient (Wildman–Crippen LogP) is 2.59. The van der Waals surface area contributed by atoms with Gasteiger partial charge >= 0.3 is 0 Å². The highest BCUT2D eigenvalue weighted by atomic mass is 32.2. The zero-order valence-electron chi connectivity index (χ0n) is 14.5. The lowest BCUT2D eigenvalue weighted by molar-refractivity contribution is -0.118. The number of rotatable bonds is 8. The molecule has 3 aromatic rings. The maximum atomic E-state index is 13.0. The number of thiophene rings is 1. The SMILES string of the molecule is CCn1c(SCC(=O)NCCOC)nc2scc(-c3ccco3)c2c1=O. The second kappa shape index (κ2) is 8.52. The van der Waals surface area contributed by atoms with Gasteiger partial charge in [-0.3, -0.25) is 14.2 Å². The van der Waals surface area contributed by atoms with Crippen LogP contribution < -0.4 is 10.9 Å². The lowest BCUT2D eigenvalue weighted by Gasteiger charge is -2.10. The Kier molecular flexibility index (Phi) is 6.12. The Hall–Kier alpha value is -2.10. The number of ether oxygens (including phenoxy) is 1. The molecular weight excluding hydrogens is 374 g/mol. The number of nitrogens with zero attached hydrogens (tertiary/aromatic N) is 2. The molecule has 0 aliphatic carbocycles. The van der Waals surface area contributed by atoms with Crippen LogP contribution in [0.5, 0.6) is 0 Å². The summed E-state index contributed by atoms with van der Waals surface area (Å²) in [6.07, 6.45) is 1.58. The van der Waals surface area contributed by atoms with Crippen molar-refractivity contribution in [3.8, 4) is 11.3 Å². The Morgan fingerprint density at radius 3 is 3.04 bits per heavy atom. The van der Waals surface area contributed by atoms with E-state index in [0.29, 0.717) is 40.8 Å². The Morgan fingerprint density at radius 2 is 2.35 bits per heavy atom. The van der Waals surface area contributed by atoms with E-state index in [4.69, 9.17) is 9.15 Å². The first-order valence-electron chi connectivity index (χ1n) is 8.10. The molecule has 0 aliphatic heterocycles. The van der Waals surface area contributed by atoms with Crippen molar-refractivity contribution >= 4 is 39.2 Å². The average Bonchev–Trinajstić information content (AvgIpc) is 3.29. The van der Waals surface area contributed by atoms with E-state index in [2.05, 4.69) is 10.3 Å². The summed E-state index contributed by atoms with van der Waals surface area (Å²) in [4.78, 5) is 30.1. The average molecular weight is 393 g/mol. The van der Waals surface area contributed by atoms with Gasteiger partial charge in [-0.25, -0.2) is 4.98 Å². The topological polar surface area (TPSA) is 86.4 Å². The van der Waals surface area contributed by atoms with Gasteiger partial charge in [0.1, 0.15) is 10.6 Å². The molecule has 0 bridgehead atoms. The van der Waals surface area contributed by atoms with Crippen molar-refractivity contribution < 1.29 is 13.9 Å². The van der Waals surface area contributed by atoms with Crippen molar-refractivity contribution in [3.63, 3.8) is 0 Å². The molecule has 26 heavy (non-hydrogen) atoms. The van der Waals surface area contributed by atoms with Crippen molar-refractivity contribution in [3.05, 3.63) is 34.1 Å². The second-order valence-electron chi connectivity index (χ2n) is 5.38. The third kappa shape index (κ3) is 3.84. The molecule has 138 valence electrons. The van der Waals surface area contributed by atoms with E-state index in [1.807, 2.05) is 18.4 Å². The van der Waals surface area contributed by atoms with Crippen LogP contribution in [0.3, 0.4) is 0 Å². The molecule has 0 spiro atoms. The lowest BCUT2D eigenvalue weighted by Crippen LogP contribution is -2.29. The van der Waals surface area contributed by atoms with Crippen molar-refractivity contribution in [1.82, 2.24) is 14.9 Å². The minimum absolute atomic E-state index is 0.118. The summed E-state index contributed by atoms with van der Waals surface area (Å²) in [5, 5.41) is 5.73. The smallest absolute Gasteiger partial charge is 0.263 e. The quantitative estimate of drug-likeness (QED) is 0.360. The van der Waals surface area contributed by atoms with Crippen LogP contribution >= 0.6 is 23.1 Å². The molecule has 0 aromatic carbocycles. The van der Waals surface area contributed by atoms with Gasteiger partial charge in [-0.05, 0) is 19.1 Å². The van der Waals surface area contributed by atoms with E-state index in [1.165, 1.54) is 23.1 Å². The van der Waals surface area contributed by atoms with E-state index >= 15 is 0 Å². The summed E-state index contributed by atoms with van der Waals surface area (Å²) in [6, 6.07) is 3.61. The normalized spacial score (nSPS) is 11.2. The molecule has 7 nitrogen and oxygen atoms in total. The zero-order valence-corrected chi connectivity index (χ0v) is 16.1. The number of nitrogens with one attached hydrogen (secondary N) is 1. The summed E-state index contributed by atoms with van der Waals surface area (Å²) >= 11 is 2.65. The first-order valence-corrected chi connectivity index (χ1v) is 9.96. The van der Waals surface area contributed by atoms with Crippen molar-refractivity contribution in [2.75, 3.05) is 26.0 Å². The van der Waals surface area contributed by atoms with Crippen LogP contribution in [-0.4, -0.2) is 41.5 Å². The fraction of sp³-hybridized carbons (Fsp3) is 0.353. The van der Waals surface area contributed by atoms with Crippen LogP contribution in [0.15, 0.2) is 38.1 Å². The van der Waals surface area contributed by atoms with Gasteiger partial charge in [0.25, 0.3) is 5.56 Å². The predicted molar refractivity (Wildman–Crippen MR) is 103 cm³/mol. The molecule has 1 amide bonds. The molecule has 0 radical (unpaired) electrons. The molecule has 3 rings (SSSR count). The molecule has 1 N–H and O–H groups in total. The summed E-state index contributed by atoms with van der Waals surface area (Å²) in [7, 11) is 1.58. The molecule has 0 saturated carbocycles. The monoisotopic (exact) mass is 393 g/mol. The maximum absolute atomic E-state index is 13.0. The molecule has 0 fully saturated rings. The summed E-state index contributed by atoms with van der Waals surface area (Å²) in [5.74, 6) is 0.722. The first kappa shape index (κ1) is 18.7. The van der Waals surface area contributed by atoms with Gasteiger partial charge in [0.05, 0.1) is 24.0 Å². The van der Waals surface area contributed by atoms with E-state index in [1.54, 1.807) is 24.0 Å². The number of hydrogen-bond acceptors (Lipinski definition) is 7. The van der Waals surface area contributed by atoms with Gasteiger partial charge in [0, 0.05) is 31.1 Å². The van der Waals surface area contributed by atoms with Crippen LogP contribution in [0.1, 0.15) is 6.92 Å². The van der Waals surface area contributed by atoms with Gasteiger partial charge in [-0.15, -0.1) is 11.3 Å².